The molecular weight excluding hydrogens is 307 g/mol. The van der Waals surface area contributed by atoms with Crippen molar-refractivity contribution in [2.24, 2.45) is 0 Å². The Labute approximate surface area is 141 Å². The second-order valence-electron chi connectivity index (χ2n) is 6.25. The number of hydrogen-bond acceptors (Lipinski definition) is 3. The van der Waals surface area contributed by atoms with Gasteiger partial charge in [-0.05, 0) is 42.7 Å². The van der Waals surface area contributed by atoms with E-state index >= 15 is 0 Å². The molecule has 0 spiro atoms. The van der Waals surface area contributed by atoms with Crippen LogP contribution in [0.2, 0.25) is 0 Å². The van der Waals surface area contributed by atoms with Crippen molar-refractivity contribution in [1.82, 2.24) is 0 Å². The van der Waals surface area contributed by atoms with Gasteiger partial charge in [0.25, 0.3) is 0 Å². The van der Waals surface area contributed by atoms with Gasteiger partial charge >= 0.3 is 0 Å². The largest absolute Gasteiger partial charge is 0.393 e. The van der Waals surface area contributed by atoms with Gasteiger partial charge < -0.3 is 9.84 Å². The van der Waals surface area contributed by atoms with E-state index in [2.05, 4.69) is 0 Å². The van der Waals surface area contributed by atoms with Crippen molar-refractivity contribution in [2.45, 2.75) is 44.0 Å². The molecule has 1 aliphatic heterocycles. The second-order valence-corrected chi connectivity index (χ2v) is 6.25. The first-order chi connectivity index (χ1) is 11.6. The first-order valence-corrected chi connectivity index (χ1v) is 8.29. The Hall–Kier alpha value is -2.04. The summed E-state index contributed by atoms with van der Waals surface area (Å²) in [6.45, 7) is 0. The maximum absolute atomic E-state index is 12.9. The van der Waals surface area contributed by atoms with Gasteiger partial charge in [0.2, 0.25) is 0 Å². The van der Waals surface area contributed by atoms with E-state index in [1.165, 1.54) is 24.3 Å². The van der Waals surface area contributed by atoms with E-state index < -0.39 is 6.10 Å². The normalized spacial score (nSPS) is 23.8. The van der Waals surface area contributed by atoms with Crippen LogP contribution in [0.4, 0.5) is 4.39 Å². The molecule has 0 aliphatic carbocycles. The average Bonchev–Trinajstić information content (AvgIpc) is 2.60. The van der Waals surface area contributed by atoms with Crippen LogP contribution >= 0.6 is 0 Å². The van der Waals surface area contributed by atoms with Crippen LogP contribution in [0.25, 0.3) is 0 Å². The van der Waals surface area contributed by atoms with E-state index in [1.54, 1.807) is 0 Å². The molecule has 1 aliphatic rings. The standard InChI is InChI=1S/C20H21FO3/c21-16-8-6-14(7-9-16)19(23)11-10-18-12-17(22)13-20(24-18)15-4-2-1-3-5-15/h1-9,17-18,20,22H,10-13H2/t17-,18+,20+/m1/s1. The Kier molecular flexibility index (Phi) is 5.38. The first-order valence-electron chi connectivity index (χ1n) is 8.29. The van der Waals surface area contributed by atoms with Gasteiger partial charge in [0.1, 0.15) is 5.82 Å². The number of Topliss-reactive ketones (excluding diaryl/α,β-unsaturated/α-hetero) is 1. The van der Waals surface area contributed by atoms with Crippen LogP contribution < -0.4 is 0 Å². The van der Waals surface area contributed by atoms with Crippen LogP contribution in [0.15, 0.2) is 54.6 Å². The van der Waals surface area contributed by atoms with Crippen molar-refractivity contribution >= 4 is 5.78 Å². The average molecular weight is 328 g/mol. The molecule has 0 bridgehead atoms. The number of ether oxygens (including phenoxy) is 1. The minimum atomic E-state index is -0.421. The molecule has 2 aromatic rings. The van der Waals surface area contributed by atoms with Crippen molar-refractivity contribution < 1.29 is 19.0 Å². The van der Waals surface area contributed by atoms with E-state index in [4.69, 9.17) is 4.74 Å². The molecule has 0 unspecified atom stereocenters. The summed E-state index contributed by atoms with van der Waals surface area (Å²) in [5, 5.41) is 10.1. The van der Waals surface area contributed by atoms with Crippen molar-refractivity contribution in [1.29, 1.82) is 0 Å². The third kappa shape index (κ3) is 4.28. The van der Waals surface area contributed by atoms with Gasteiger partial charge in [-0.15, -0.1) is 0 Å². The maximum Gasteiger partial charge on any atom is 0.162 e. The lowest BCUT2D eigenvalue weighted by molar-refractivity contribution is -0.0997. The topological polar surface area (TPSA) is 46.5 Å². The highest BCUT2D eigenvalue weighted by molar-refractivity contribution is 5.95. The highest BCUT2D eigenvalue weighted by Gasteiger charge is 2.29. The lowest BCUT2D eigenvalue weighted by Gasteiger charge is -2.33. The predicted molar refractivity (Wildman–Crippen MR) is 89.3 cm³/mol. The monoisotopic (exact) mass is 328 g/mol. The number of ketones is 1. The molecule has 3 nitrogen and oxygen atoms in total. The molecule has 0 amide bonds. The van der Waals surface area contributed by atoms with E-state index in [0.29, 0.717) is 31.2 Å². The zero-order valence-corrected chi connectivity index (χ0v) is 13.4. The number of rotatable bonds is 5. The second kappa shape index (κ2) is 7.69. The molecule has 0 saturated carbocycles. The van der Waals surface area contributed by atoms with Crippen LogP contribution in [-0.4, -0.2) is 23.1 Å². The van der Waals surface area contributed by atoms with Gasteiger partial charge in [-0.2, -0.15) is 0 Å². The lowest BCUT2D eigenvalue weighted by Crippen LogP contribution is -2.31. The van der Waals surface area contributed by atoms with Gasteiger partial charge in [-0.25, -0.2) is 4.39 Å². The Morgan fingerprint density at radius 3 is 2.50 bits per heavy atom. The van der Waals surface area contributed by atoms with E-state index in [1.807, 2.05) is 30.3 Å². The minimum absolute atomic E-state index is 0.0325. The van der Waals surface area contributed by atoms with Crippen molar-refractivity contribution in [3.63, 3.8) is 0 Å². The van der Waals surface area contributed by atoms with Crippen LogP contribution in [0.5, 0.6) is 0 Å². The van der Waals surface area contributed by atoms with Gasteiger partial charge in [0, 0.05) is 18.4 Å². The van der Waals surface area contributed by atoms with Crippen LogP contribution in [0.1, 0.15) is 47.7 Å². The molecule has 3 rings (SSSR count). The van der Waals surface area contributed by atoms with Crippen molar-refractivity contribution in [2.75, 3.05) is 0 Å². The summed E-state index contributed by atoms with van der Waals surface area (Å²) in [5.74, 6) is -0.383. The Morgan fingerprint density at radius 1 is 1.08 bits per heavy atom. The third-order valence-electron chi connectivity index (χ3n) is 4.41. The summed E-state index contributed by atoms with van der Waals surface area (Å²) in [6.07, 6.45) is 1.28. The fraction of sp³-hybridized carbons (Fsp3) is 0.350. The molecule has 2 aromatic carbocycles. The quantitative estimate of drug-likeness (QED) is 0.842. The minimum Gasteiger partial charge on any atom is -0.393 e. The number of halogens is 1. The highest BCUT2D eigenvalue weighted by Crippen LogP contribution is 2.33. The van der Waals surface area contributed by atoms with Crippen LogP contribution in [0, 0.1) is 5.82 Å². The fourth-order valence-corrected chi connectivity index (χ4v) is 3.13. The van der Waals surface area contributed by atoms with Gasteiger partial charge in [-0.1, -0.05) is 30.3 Å². The summed E-state index contributed by atoms with van der Waals surface area (Å²) in [5.41, 5.74) is 1.55. The molecule has 24 heavy (non-hydrogen) atoms. The molecule has 1 saturated heterocycles. The fourth-order valence-electron chi connectivity index (χ4n) is 3.13. The van der Waals surface area contributed by atoms with Crippen LogP contribution in [-0.2, 0) is 4.74 Å². The maximum atomic E-state index is 12.9. The zero-order valence-electron chi connectivity index (χ0n) is 13.4. The Bertz CT molecular complexity index is 669. The molecule has 1 heterocycles. The number of carbonyl (C=O) groups excluding carboxylic acids is 1. The summed E-state index contributed by atoms with van der Waals surface area (Å²) in [6, 6.07) is 15.4. The van der Waals surface area contributed by atoms with E-state index in [9.17, 15) is 14.3 Å². The van der Waals surface area contributed by atoms with Crippen molar-refractivity contribution in [3.05, 3.63) is 71.5 Å². The molecule has 1 N–H and O–H groups in total. The number of aliphatic hydroxyl groups excluding tert-OH is 1. The summed E-state index contributed by atoms with van der Waals surface area (Å²) >= 11 is 0. The number of hydrogen-bond donors (Lipinski definition) is 1. The van der Waals surface area contributed by atoms with Gasteiger partial charge in [0.15, 0.2) is 5.78 Å². The molecular formula is C20H21FO3. The molecule has 126 valence electrons. The zero-order chi connectivity index (χ0) is 16.9. The van der Waals surface area contributed by atoms with Gasteiger partial charge in [0.05, 0.1) is 18.3 Å². The van der Waals surface area contributed by atoms with Gasteiger partial charge in [-0.3, -0.25) is 4.79 Å². The Balaban J connectivity index is 1.58. The Morgan fingerprint density at radius 2 is 1.79 bits per heavy atom. The predicted octanol–water partition coefficient (Wildman–Crippen LogP) is 4.07. The third-order valence-corrected chi connectivity index (χ3v) is 4.41. The van der Waals surface area contributed by atoms with E-state index in [-0.39, 0.29) is 23.8 Å². The molecule has 3 atom stereocenters. The van der Waals surface area contributed by atoms with Crippen LogP contribution in [0.3, 0.4) is 0 Å². The smallest absolute Gasteiger partial charge is 0.162 e. The van der Waals surface area contributed by atoms with E-state index in [0.717, 1.165) is 5.56 Å². The lowest BCUT2D eigenvalue weighted by atomic mass is 9.93. The molecule has 0 radical (unpaired) electrons. The SMILES string of the molecule is O=C(CC[C@H]1C[C@@H](O)C[C@@H](c2ccccc2)O1)c1ccc(F)cc1. The molecule has 1 fully saturated rings. The molecule has 4 heteroatoms. The molecule has 0 aromatic heterocycles. The first kappa shape index (κ1) is 16.8. The summed E-state index contributed by atoms with van der Waals surface area (Å²) in [7, 11) is 0. The summed E-state index contributed by atoms with van der Waals surface area (Å²) in [4.78, 5) is 12.2. The number of aliphatic hydroxyl groups is 1. The van der Waals surface area contributed by atoms with Crippen molar-refractivity contribution in [3.8, 4) is 0 Å². The summed E-state index contributed by atoms with van der Waals surface area (Å²) < 4.78 is 19.0. The number of carbonyl (C=O) groups is 1. The highest BCUT2D eigenvalue weighted by atomic mass is 19.1. The number of benzene rings is 2.